The molecule has 3 N–H and O–H groups in total. The number of amides is 1. The molecule has 3 rings (SSSR count). The van der Waals surface area contributed by atoms with Gasteiger partial charge in [0.1, 0.15) is 11.5 Å². The molecule has 0 aliphatic rings. The topological polar surface area (TPSA) is 98.5 Å². The number of aryl methyl sites for hydroxylation is 1. The number of carbonyl (C=O) groups excluding carboxylic acids is 1. The van der Waals surface area contributed by atoms with Crippen molar-refractivity contribution in [2.45, 2.75) is 11.8 Å². The van der Waals surface area contributed by atoms with E-state index in [1.54, 1.807) is 24.3 Å². The third-order valence-corrected chi connectivity index (χ3v) is 5.48. The van der Waals surface area contributed by atoms with Crippen molar-refractivity contribution in [2.75, 3.05) is 5.32 Å². The predicted octanol–water partition coefficient (Wildman–Crippen LogP) is 4.45. The van der Waals surface area contributed by atoms with Gasteiger partial charge in [0.2, 0.25) is 10.0 Å². The van der Waals surface area contributed by atoms with Gasteiger partial charge in [-0.2, -0.15) is 0 Å². The zero-order valence-electron chi connectivity index (χ0n) is 14.8. The summed E-state index contributed by atoms with van der Waals surface area (Å²) < 4.78 is 29.2. The standard InChI is InChI=1S/C20H17BrN2O4S/c1-13-2-6-15(7-3-13)27-16-8-4-14(5-9-16)23-20(24)18-12-17(28(22,25)26)10-11-19(18)21/h2-12H,1H3,(H,23,24)(H2,22,25,26). The number of hydrogen-bond acceptors (Lipinski definition) is 4. The number of hydrogen-bond donors (Lipinski definition) is 2. The Morgan fingerprint density at radius 2 is 1.54 bits per heavy atom. The molecule has 6 nitrogen and oxygen atoms in total. The zero-order valence-corrected chi connectivity index (χ0v) is 17.2. The normalized spacial score (nSPS) is 11.1. The van der Waals surface area contributed by atoms with E-state index in [4.69, 9.17) is 9.88 Å². The average molecular weight is 461 g/mol. The van der Waals surface area contributed by atoms with Crippen LogP contribution >= 0.6 is 15.9 Å². The quantitative estimate of drug-likeness (QED) is 0.587. The van der Waals surface area contributed by atoms with Crippen LogP contribution in [0.25, 0.3) is 0 Å². The lowest BCUT2D eigenvalue weighted by molar-refractivity contribution is 0.102. The molecule has 3 aromatic carbocycles. The van der Waals surface area contributed by atoms with Crippen molar-refractivity contribution >= 4 is 37.5 Å². The van der Waals surface area contributed by atoms with E-state index in [9.17, 15) is 13.2 Å². The molecule has 0 fully saturated rings. The Morgan fingerprint density at radius 1 is 0.964 bits per heavy atom. The number of rotatable bonds is 5. The first-order chi connectivity index (χ1) is 13.2. The third kappa shape index (κ3) is 4.98. The van der Waals surface area contributed by atoms with Gasteiger partial charge < -0.3 is 10.1 Å². The van der Waals surface area contributed by atoms with Crippen LogP contribution in [0.1, 0.15) is 15.9 Å². The molecule has 0 spiro atoms. The van der Waals surface area contributed by atoms with Crippen molar-refractivity contribution < 1.29 is 17.9 Å². The second-order valence-corrected chi connectivity index (χ2v) is 8.50. The average Bonchev–Trinajstić information content (AvgIpc) is 2.64. The number of benzene rings is 3. The number of primary sulfonamides is 1. The van der Waals surface area contributed by atoms with Crippen LogP contribution in [0.5, 0.6) is 11.5 Å². The number of halogens is 1. The lowest BCUT2D eigenvalue weighted by Crippen LogP contribution is -2.16. The largest absolute Gasteiger partial charge is 0.457 e. The Labute approximate surface area is 171 Å². The molecule has 0 radical (unpaired) electrons. The van der Waals surface area contributed by atoms with Crippen LogP contribution in [0.3, 0.4) is 0 Å². The lowest BCUT2D eigenvalue weighted by Gasteiger charge is -2.10. The highest BCUT2D eigenvalue weighted by Crippen LogP contribution is 2.25. The highest BCUT2D eigenvalue weighted by molar-refractivity contribution is 9.10. The fourth-order valence-corrected chi connectivity index (χ4v) is 3.37. The number of nitrogens with one attached hydrogen (secondary N) is 1. The molecule has 0 saturated carbocycles. The van der Waals surface area contributed by atoms with Crippen LogP contribution in [0.15, 0.2) is 76.1 Å². The van der Waals surface area contributed by atoms with E-state index in [0.29, 0.717) is 21.7 Å². The van der Waals surface area contributed by atoms with Gasteiger partial charge in [-0.25, -0.2) is 13.6 Å². The molecule has 144 valence electrons. The first-order valence-corrected chi connectivity index (χ1v) is 10.5. The summed E-state index contributed by atoms with van der Waals surface area (Å²) in [5, 5.41) is 7.84. The third-order valence-electron chi connectivity index (χ3n) is 3.88. The molecule has 0 unspecified atom stereocenters. The van der Waals surface area contributed by atoms with Gasteiger partial charge in [0.05, 0.1) is 10.5 Å². The van der Waals surface area contributed by atoms with E-state index in [1.807, 2.05) is 31.2 Å². The summed E-state index contributed by atoms with van der Waals surface area (Å²) in [6.45, 7) is 2.00. The summed E-state index contributed by atoms with van der Waals surface area (Å²) in [5.74, 6) is 0.870. The highest BCUT2D eigenvalue weighted by Gasteiger charge is 2.16. The van der Waals surface area contributed by atoms with Gasteiger partial charge in [0, 0.05) is 10.2 Å². The fourth-order valence-electron chi connectivity index (χ4n) is 2.40. The van der Waals surface area contributed by atoms with Crippen LogP contribution in [0, 0.1) is 6.92 Å². The van der Waals surface area contributed by atoms with Crippen LogP contribution in [0.2, 0.25) is 0 Å². The van der Waals surface area contributed by atoms with Gasteiger partial charge in [-0.15, -0.1) is 0 Å². The first-order valence-electron chi connectivity index (χ1n) is 8.21. The van der Waals surface area contributed by atoms with E-state index in [0.717, 1.165) is 5.56 Å². The molecular formula is C20H17BrN2O4S. The Morgan fingerprint density at radius 3 is 2.11 bits per heavy atom. The fraction of sp³-hybridized carbons (Fsp3) is 0.0500. The minimum Gasteiger partial charge on any atom is -0.457 e. The molecular weight excluding hydrogens is 444 g/mol. The maximum Gasteiger partial charge on any atom is 0.256 e. The van der Waals surface area contributed by atoms with E-state index in [-0.39, 0.29) is 10.5 Å². The summed E-state index contributed by atoms with van der Waals surface area (Å²) in [5.41, 5.74) is 1.84. The first kappa shape index (κ1) is 20.1. The molecule has 28 heavy (non-hydrogen) atoms. The monoisotopic (exact) mass is 460 g/mol. The summed E-state index contributed by atoms with van der Waals surface area (Å²) >= 11 is 3.25. The van der Waals surface area contributed by atoms with Gasteiger partial charge >= 0.3 is 0 Å². The lowest BCUT2D eigenvalue weighted by atomic mass is 10.2. The maximum atomic E-state index is 12.5. The van der Waals surface area contributed by atoms with Crippen molar-refractivity contribution in [1.29, 1.82) is 0 Å². The minimum atomic E-state index is -3.90. The Hall–Kier alpha value is -2.68. The second-order valence-electron chi connectivity index (χ2n) is 6.08. The molecule has 0 saturated heterocycles. The summed E-state index contributed by atoms with van der Waals surface area (Å²) in [7, 11) is -3.90. The van der Waals surface area contributed by atoms with Crippen LogP contribution in [0.4, 0.5) is 5.69 Å². The van der Waals surface area contributed by atoms with Crippen molar-refractivity contribution in [1.82, 2.24) is 0 Å². The van der Waals surface area contributed by atoms with Crippen molar-refractivity contribution in [3.8, 4) is 11.5 Å². The summed E-state index contributed by atoms with van der Waals surface area (Å²) in [4.78, 5) is 12.4. The maximum absolute atomic E-state index is 12.5. The number of sulfonamides is 1. The Kier molecular flexibility index (Phi) is 5.83. The van der Waals surface area contributed by atoms with Gasteiger partial charge in [0.25, 0.3) is 5.91 Å². The van der Waals surface area contributed by atoms with E-state index in [2.05, 4.69) is 21.2 Å². The van der Waals surface area contributed by atoms with Crippen molar-refractivity contribution in [2.24, 2.45) is 5.14 Å². The predicted molar refractivity (Wildman–Crippen MR) is 111 cm³/mol. The molecule has 0 aliphatic heterocycles. The van der Waals surface area contributed by atoms with Gasteiger partial charge in [-0.05, 0) is 77.5 Å². The van der Waals surface area contributed by atoms with Gasteiger partial charge in [-0.1, -0.05) is 17.7 Å². The summed E-state index contributed by atoms with van der Waals surface area (Å²) in [6.07, 6.45) is 0. The molecule has 1 amide bonds. The molecule has 0 heterocycles. The SMILES string of the molecule is Cc1ccc(Oc2ccc(NC(=O)c3cc(S(N)(=O)=O)ccc3Br)cc2)cc1. The molecule has 0 aromatic heterocycles. The molecule has 0 bridgehead atoms. The van der Waals surface area contributed by atoms with Crippen molar-refractivity contribution in [3.63, 3.8) is 0 Å². The van der Waals surface area contributed by atoms with Crippen LogP contribution in [-0.2, 0) is 10.0 Å². The van der Waals surface area contributed by atoms with E-state index < -0.39 is 15.9 Å². The van der Waals surface area contributed by atoms with E-state index in [1.165, 1.54) is 18.2 Å². The number of nitrogens with two attached hydrogens (primary N) is 1. The molecule has 8 heteroatoms. The number of carbonyl (C=O) groups is 1. The number of anilines is 1. The smallest absolute Gasteiger partial charge is 0.256 e. The van der Waals surface area contributed by atoms with Gasteiger partial charge in [-0.3, -0.25) is 4.79 Å². The second kappa shape index (κ2) is 8.14. The Bertz CT molecular complexity index is 1110. The zero-order chi connectivity index (χ0) is 20.3. The molecule has 3 aromatic rings. The van der Waals surface area contributed by atoms with Crippen LogP contribution < -0.4 is 15.2 Å². The van der Waals surface area contributed by atoms with E-state index >= 15 is 0 Å². The highest BCUT2D eigenvalue weighted by atomic mass is 79.9. The minimum absolute atomic E-state index is 0.136. The van der Waals surface area contributed by atoms with Gasteiger partial charge in [0.15, 0.2) is 0 Å². The van der Waals surface area contributed by atoms with Crippen molar-refractivity contribution in [3.05, 3.63) is 82.3 Å². The molecule has 0 aliphatic carbocycles. The summed E-state index contributed by atoms with van der Waals surface area (Å²) in [6, 6.07) is 18.5. The van der Waals surface area contributed by atoms with Crippen LogP contribution in [-0.4, -0.2) is 14.3 Å². The Balaban J connectivity index is 1.73. The molecule has 0 atom stereocenters. The number of ether oxygens (including phenoxy) is 1.